The topological polar surface area (TPSA) is 118 Å². The molecule has 0 N–H and O–H groups in total. The fourth-order valence-electron chi connectivity index (χ4n) is 4.94. The van der Waals surface area contributed by atoms with Crippen molar-refractivity contribution in [3.63, 3.8) is 0 Å². The van der Waals surface area contributed by atoms with E-state index in [2.05, 4.69) is 0 Å². The van der Waals surface area contributed by atoms with Gasteiger partial charge in [0.15, 0.2) is 6.10 Å². The van der Waals surface area contributed by atoms with E-state index in [4.69, 9.17) is 23.7 Å². The van der Waals surface area contributed by atoms with Crippen LogP contribution in [0.2, 0.25) is 0 Å². The van der Waals surface area contributed by atoms with Gasteiger partial charge in [0.25, 0.3) is 0 Å². The third kappa shape index (κ3) is 7.68. The van der Waals surface area contributed by atoms with Crippen molar-refractivity contribution < 1.29 is 42.9 Å². The summed E-state index contributed by atoms with van der Waals surface area (Å²) in [6.45, 7) is 16.9. The minimum Gasteiger partial charge on any atom is -0.462 e. The molecule has 8 atom stereocenters. The van der Waals surface area contributed by atoms with Crippen molar-refractivity contribution in [2.24, 2.45) is 17.8 Å². The number of fused-ring (bicyclic) bond motifs is 1. The van der Waals surface area contributed by atoms with Crippen LogP contribution in [0.1, 0.15) is 82.1 Å². The summed E-state index contributed by atoms with van der Waals surface area (Å²) < 4.78 is 29.3. The van der Waals surface area contributed by atoms with Crippen LogP contribution in [0, 0.1) is 17.8 Å². The maximum Gasteiger partial charge on any atom is 0.334 e. The molecule has 1 heterocycles. The molecule has 2 aliphatic rings. The lowest BCUT2D eigenvalue weighted by atomic mass is 9.77. The van der Waals surface area contributed by atoms with Gasteiger partial charge in [-0.25, -0.2) is 4.79 Å². The Hall–Kier alpha value is -2.68. The average Bonchev–Trinajstić information content (AvgIpc) is 3.49. The second kappa shape index (κ2) is 12.9. The van der Waals surface area contributed by atoms with E-state index in [0.29, 0.717) is 18.4 Å². The van der Waals surface area contributed by atoms with E-state index in [1.165, 1.54) is 13.8 Å². The van der Waals surface area contributed by atoms with Crippen molar-refractivity contribution in [1.82, 2.24) is 0 Å². The second-order valence-corrected chi connectivity index (χ2v) is 11.0. The molecule has 0 unspecified atom stereocenters. The highest BCUT2D eigenvalue weighted by Gasteiger charge is 2.61. The monoisotopic (exact) mass is 536 g/mol. The van der Waals surface area contributed by atoms with E-state index < -0.39 is 71.8 Å². The molecule has 1 saturated heterocycles. The van der Waals surface area contributed by atoms with Crippen LogP contribution in [0.25, 0.3) is 0 Å². The summed E-state index contributed by atoms with van der Waals surface area (Å²) in [6.07, 6.45) is 1.15. The van der Waals surface area contributed by atoms with E-state index in [9.17, 15) is 19.2 Å². The van der Waals surface area contributed by atoms with Gasteiger partial charge in [0.1, 0.15) is 24.4 Å². The highest BCUT2D eigenvalue weighted by molar-refractivity contribution is 5.88. The number of hydrogen-bond donors (Lipinski definition) is 0. The van der Waals surface area contributed by atoms with Crippen molar-refractivity contribution in [3.05, 3.63) is 23.3 Å². The molecule has 0 saturated carbocycles. The third-order valence-corrected chi connectivity index (χ3v) is 7.59. The molecule has 0 aromatic carbocycles. The van der Waals surface area contributed by atoms with Crippen LogP contribution in [0.3, 0.4) is 0 Å². The Kier molecular flexibility index (Phi) is 10.7. The first-order valence-electron chi connectivity index (χ1n) is 13.4. The van der Waals surface area contributed by atoms with E-state index in [1.54, 1.807) is 33.8 Å². The molecule has 1 fully saturated rings. The van der Waals surface area contributed by atoms with Gasteiger partial charge in [-0.2, -0.15) is 0 Å². The minimum absolute atomic E-state index is 0.164. The lowest BCUT2D eigenvalue weighted by Crippen LogP contribution is -2.52. The largest absolute Gasteiger partial charge is 0.462 e. The molecule has 9 heteroatoms. The molecule has 9 nitrogen and oxygen atoms in total. The Labute approximate surface area is 226 Å². The van der Waals surface area contributed by atoms with Gasteiger partial charge >= 0.3 is 23.9 Å². The van der Waals surface area contributed by atoms with Crippen LogP contribution in [-0.4, -0.2) is 60.0 Å². The van der Waals surface area contributed by atoms with Gasteiger partial charge in [0, 0.05) is 25.3 Å². The summed E-state index contributed by atoms with van der Waals surface area (Å²) in [5, 5.41) is 0. The molecule has 0 radical (unpaired) electrons. The van der Waals surface area contributed by atoms with Crippen molar-refractivity contribution in [3.8, 4) is 0 Å². The quantitative estimate of drug-likeness (QED) is 0.146. The molecule has 0 bridgehead atoms. The van der Waals surface area contributed by atoms with Crippen LogP contribution in [-0.2, 0) is 42.9 Å². The zero-order valence-electron chi connectivity index (χ0n) is 24.4. The summed E-state index contributed by atoms with van der Waals surface area (Å²) >= 11 is 0. The number of hydrogen-bond acceptors (Lipinski definition) is 9. The van der Waals surface area contributed by atoms with Gasteiger partial charge in [-0.05, 0) is 65.9 Å². The standard InChI is InChI=1S/C29H44O9/c1-11-16(4)27(32)36-23-17(5)13-12-14-29(10)26(38-29)25(22(15(2)3)24(23)35-21(9)31)37-28(33)18(6)19(7)34-20(8)30/h11,13,15,18-19,22-26H,12,14H2,1-10H3/b16-11+,17-13+/t18-,19+,22+,23-,24+,25+,26-,29-/m1/s1. The van der Waals surface area contributed by atoms with Crippen LogP contribution in [0.4, 0.5) is 0 Å². The predicted molar refractivity (Wildman–Crippen MR) is 140 cm³/mol. The summed E-state index contributed by atoms with van der Waals surface area (Å²) in [5.41, 5.74) is 0.626. The smallest absolute Gasteiger partial charge is 0.334 e. The molecule has 214 valence electrons. The van der Waals surface area contributed by atoms with E-state index >= 15 is 0 Å². The molecule has 0 spiro atoms. The molecule has 0 amide bonds. The van der Waals surface area contributed by atoms with Crippen LogP contribution >= 0.6 is 0 Å². The van der Waals surface area contributed by atoms with Crippen LogP contribution in [0.15, 0.2) is 23.3 Å². The normalized spacial score (nSPS) is 32.6. The molecular formula is C29H44O9. The van der Waals surface area contributed by atoms with Crippen molar-refractivity contribution in [2.75, 3.05) is 0 Å². The zero-order valence-corrected chi connectivity index (χ0v) is 24.4. The summed E-state index contributed by atoms with van der Waals surface area (Å²) in [7, 11) is 0. The zero-order chi connectivity index (χ0) is 28.9. The van der Waals surface area contributed by atoms with Gasteiger partial charge in [0.05, 0.1) is 11.5 Å². The number of ether oxygens (including phenoxy) is 5. The summed E-state index contributed by atoms with van der Waals surface area (Å²) in [5.74, 6) is -3.60. The second-order valence-electron chi connectivity index (χ2n) is 11.0. The molecule has 2 rings (SSSR count). The number of esters is 4. The van der Waals surface area contributed by atoms with E-state index in [-0.39, 0.29) is 5.92 Å². The maximum absolute atomic E-state index is 13.3. The van der Waals surface area contributed by atoms with Crippen molar-refractivity contribution >= 4 is 23.9 Å². The van der Waals surface area contributed by atoms with Crippen LogP contribution in [0.5, 0.6) is 0 Å². The Morgan fingerprint density at radius 3 is 2.16 bits per heavy atom. The molecule has 38 heavy (non-hydrogen) atoms. The minimum atomic E-state index is -0.942. The number of allylic oxidation sites excluding steroid dienone is 2. The fraction of sp³-hybridized carbons (Fsp3) is 0.724. The van der Waals surface area contributed by atoms with Gasteiger partial charge in [-0.3, -0.25) is 14.4 Å². The molecule has 0 aromatic rings. The van der Waals surface area contributed by atoms with Crippen molar-refractivity contribution in [1.29, 1.82) is 0 Å². The maximum atomic E-state index is 13.3. The number of epoxide rings is 1. The van der Waals surface area contributed by atoms with Crippen molar-refractivity contribution in [2.45, 2.75) is 118 Å². The van der Waals surface area contributed by atoms with Gasteiger partial charge in [0.2, 0.25) is 0 Å². The average molecular weight is 537 g/mol. The highest BCUT2D eigenvalue weighted by atomic mass is 16.6. The Balaban J connectivity index is 2.58. The first kappa shape index (κ1) is 31.5. The van der Waals surface area contributed by atoms with E-state index in [1.807, 2.05) is 33.8 Å². The summed E-state index contributed by atoms with van der Waals surface area (Å²) in [4.78, 5) is 50.0. The molecule has 1 aliphatic heterocycles. The number of carbonyl (C=O) groups is 4. The number of rotatable bonds is 8. The van der Waals surface area contributed by atoms with E-state index in [0.717, 1.165) is 5.57 Å². The van der Waals surface area contributed by atoms with Gasteiger partial charge < -0.3 is 23.7 Å². The summed E-state index contributed by atoms with van der Waals surface area (Å²) in [6, 6.07) is 0. The first-order chi connectivity index (χ1) is 17.6. The SMILES string of the molecule is C/C=C(\C)C(=O)O[C@@H]1/C(C)=C/CC[C@@]2(C)O[C@@H]2[C@@H](OC(=O)[C@H](C)[C@H](C)OC(C)=O)[C@@H](C(C)C)[C@@H]1OC(C)=O. The fourth-order valence-corrected chi connectivity index (χ4v) is 4.94. The van der Waals surface area contributed by atoms with Crippen LogP contribution < -0.4 is 0 Å². The first-order valence-corrected chi connectivity index (χ1v) is 13.4. The third-order valence-electron chi connectivity index (χ3n) is 7.59. The Morgan fingerprint density at radius 1 is 1.00 bits per heavy atom. The lowest BCUT2D eigenvalue weighted by molar-refractivity contribution is -0.182. The lowest BCUT2D eigenvalue weighted by Gasteiger charge is -2.39. The predicted octanol–water partition coefficient (Wildman–Crippen LogP) is 4.47. The van der Waals surface area contributed by atoms with Gasteiger partial charge in [-0.15, -0.1) is 0 Å². The Bertz CT molecular complexity index is 965. The highest BCUT2D eigenvalue weighted by Crippen LogP contribution is 2.48. The molecular weight excluding hydrogens is 492 g/mol. The molecule has 1 aliphatic carbocycles. The Morgan fingerprint density at radius 2 is 1.63 bits per heavy atom. The molecule has 0 aromatic heterocycles. The van der Waals surface area contributed by atoms with Gasteiger partial charge in [-0.1, -0.05) is 26.0 Å². The number of carbonyl (C=O) groups excluding carboxylic acids is 4.